The van der Waals surface area contributed by atoms with E-state index in [0.717, 1.165) is 0 Å². The third kappa shape index (κ3) is 7.31. The van der Waals surface area contributed by atoms with Crippen LogP contribution in [0, 0.1) is 0 Å². The molecule has 0 unspecified atom stereocenters. The van der Waals surface area contributed by atoms with Crippen LogP contribution in [-0.4, -0.2) is 0 Å². The molecule has 0 saturated heterocycles. The molecule has 298 valence electrons. The topological polar surface area (TPSA) is 0 Å². The Labute approximate surface area is 354 Å². The number of fused-ring (bicyclic) bond motifs is 3. The van der Waals surface area contributed by atoms with Crippen molar-refractivity contribution in [2.75, 3.05) is 0 Å². The Hall–Kier alpha value is -5.46. The van der Waals surface area contributed by atoms with Crippen molar-refractivity contribution < 1.29 is 0 Å². The van der Waals surface area contributed by atoms with Gasteiger partial charge in [-0.1, -0.05) is 210 Å². The number of rotatable bonds is 7. The first-order valence-corrected chi connectivity index (χ1v) is 21.9. The second-order valence-electron chi connectivity index (χ2n) is 19.9. The van der Waals surface area contributed by atoms with Crippen LogP contribution in [0.15, 0.2) is 140 Å². The second kappa shape index (κ2) is 15.3. The molecular weight excluding hydrogens is 709 g/mol. The third-order valence-corrected chi connectivity index (χ3v) is 12.7. The smallest absolute Gasteiger partial charge is 0.000139 e. The Morgan fingerprint density at radius 2 is 0.661 bits per heavy atom. The van der Waals surface area contributed by atoms with E-state index in [1.807, 2.05) is 0 Å². The molecule has 0 aliphatic carbocycles. The Balaban J connectivity index is 1.75. The Kier molecular flexibility index (Phi) is 10.5. The van der Waals surface area contributed by atoms with E-state index in [1.165, 1.54) is 105 Å². The van der Waals surface area contributed by atoms with Crippen LogP contribution in [0.5, 0.6) is 0 Å². The summed E-state index contributed by atoms with van der Waals surface area (Å²) in [5, 5.41) is 7.87. The van der Waals surface area contributed by atoms with Crippen molar-refractivity contribution in [2.45, 2.75) is 112 Å². The molecule has 0 saturated carbocycles. The fourth-order valence-electron chi connectivity index (χ4n) is 9.36. The lowest BCUT2D eigenvalue weighted by Gasteiger charge is -2.28. The fourth-order valence-corrected chi connectivity index (χ4v) is 9.36. The highest BCUT2D eigenvalue weighted by atomic mass is 14.3. The summed E-state index contributed by atoms with van der Waals surface area (Å²) >= 11 is 0. The monoisotopic (exact) mass is 770 g/mol. The average molecular weight is 771 g/mol. The van der Waals surface area contributed by atoms with Crippen molar-refractivity contribution in [1.29, 1.82) is 0 Å². The van der Waals surface area contributed by atoms with E-state index in [4.69, 9.17) is 0 Å². The maximum Gasteiger partial charge on any atom is -0.000139 e. The molecule has 8 aromatic carbocycles. The molecule has 0 N–H and O–H groups in total. The van der Waals surface area contributed by atoms with Gasteiger partial charge in [-0.3, -0.25) is 0 Å². The van der Waals surface area contributed by atoms with Crippen molar-refractivity contribution in [3.05, 3.63) is 167 Å². The lowest BCUT2D eigenvalue weighted by Crippen LogP contribution is -2.10. The first kappa shape index (κ1) is 40.3. The predicted molar refractivity (Wildman–Crippen MR) is 260 cm³/mol. The van der Waals surface area contributed by atoms with E-state index in [9.17, 15) is 0 Å². The zero-order valence-corrected chi connectivity index (χ0v) is 37.5. The zero-order valence-electron chi connectivity index (χ0n) is 37.5. The lowest BCUT2D eigenvalue weighted by atomic mass is 9.75. The molecule has 8 aromatic rings. The summed E-state index contributed by atoms with van der Waals surface area (Å²) in [6, 6.07) is 54.0. The van der Waals surface area contributed by atoms with Gasteiger partial charge in [0.15, 0.2) is 0 Å². The van der Waals surface area contributed by atoms with Crippen molar-refractivity contribution in [2.24, 2.45) is 0 Å². The number of hydrogen-bond donors (Lipinski definition) is 0. The number of benzene rings is 8. The van der Waals surface area contributed by atoms with E-state index in [0.29, 0.717) is 17.8 Å². The van der Waals surface area contributed by atoms with Crippen LogP contribution in [0.2, 0.25) is 0 Å². The third-order valence-electron chi connectivity index (χ3n) is 12.7. The molecule has 0 aliphatic heterocycles. The molecule has 0 aliphatic rings. The van der Waals surface area contributed by atoms with E-state index in [1.54, 1.807) is 0 Å². The van der Waals surface area contributed by atoms with E-state index >= 15 is 0 Å². The molecule has 59 heavy (non-hydrogen) atoms. The van der Waals surface area contributed by atoms with Gasteiger partial charge in [0.25, 0.3) is 0 Å². The van der Waals surface area contributed by atoms with Crippen LogP contribution in [0.1, 0.15) is 129 Å². The van der Waals surface area contributed by atoms with Gasteiger partial charge in [0, 0.05) is 0 Å². The van der Waals surface area contributed by atoms with Crippen molar-refractivity contribution >= 4 is 32.3 Å². The average Bonchev–Trinajstić information content (AvgIpc) is 3.21. The minimum atomic E-state index is 0.0444. The van der Waals surface area contributed by atoms with Crippen molar-refractivity contribution in [3.8, 4) is 44.5 Å². The van der Waals surface area contributed by atoms with Gasteiger partial charge in [0.05, 0.1) is 0 Å². The lowest BCUT2D eigenvalue weighted by molar-refractivity contribution is 0.590. The first-order chi connectivity index (χ1) is 28.0. The summed E-state index contributed by atoms with van der Waals surface area (Å²) < 4.78 is 0. The molecule has 0 bridgehead atoms. The highest BCUT2D eigenvalue weighted by molar-refractivity contribution is 6.34. The normalized spacial score (nSPS) is 12.5. The van der Waals surface area contributed by atoms with E-state index in [2.05, 4.69) is 223 Å². The minimum Gasteiger partial charge on any atom is -0.0622 e. The first-order valence-electron chi connectivity index (χ1n) is 21.9. The zero-order chi connectivity index (χ0) is 42.0. The van der Waals surface area contributed by atoms with Gasteiger partial charge in [-0.05, 0) is 145 Å². The second-order valence-corrected chi connectivity index (χ2v) is 19.9. The molecule has 0 heterocycles. The maximum absolute atomic E-state index is 2.58. The molecule has 0 nitrogen and oxygen atoms in total. The van der Waals surface area contributed by atoms with Crippen LogP contribution in [0.4, 0.5) is 0 Å². The summed E-state index contributed by atoms with van der Waals surface area (Å²) in [6.07, 6.45) is 0. The van der Waals surface area contributed by atoms with Crippen LogP contribution < -0.4 is 0 Å². The van der Waals surface area contributed by atoms with Gasteiger partial charge in [-0.25, -0.2) is 0 Å². The summed E-state index contributed by atoms with van der Waals surface area (Å²) in [7, 11) is 0. The van der Waals surface area contributed by atoms with E-state index < -0.39 is 0 Å². The van der Waals surface area contributed by atoms with Gasteiger partial charge < -0.3 is 0 Å². The fraction of sp³-hybridized carbons (Fsp3) is 0.288. The molecule has 0 aromatic heterocycles. The standard InChI is InChI=1S/C59H62/c1-36(2)43-27-32-46-49(33-43)54(41-23-28-44(29-24-41)58(7,8)9)57-53(40-21-17-14-18-22-40)50-34-47(37(3)4)48(38(5)6)35-51(50)55(42-25-30-45(31-26-42)59(10,11)12)56(57)52(46)39-19-15-13-16-20-39/h13-38H,1-12H3. The minimum absolute atomic E-state index is 0.0444. The largest absolute Gasteiger partial charge is 0.0622 e. The Bertz CT molecular complexity index is 2800. The maximum atomic E-state index is 2.58. The van der Waals surface area contributed by atoms with Crippen LogP contribution >= 0.6 is 0 Å². The van der Waals surface area contributed by atoms with Gasteiger partial charge in [-0.15, -0.1) is 0 Å². The number of hydrogen-bond acceptors (Lipinski definition) is 0. The Morgan fingerprint density at radius 1 is 0.322 bits per heavy atom. The molecule has 0 amide bonds. The van der Waals surface area contributed by atoms with Gasteiger partial charge in [-0.2, -0.15) is 0 Å². The van der Waals surface area contributed by atoms with Gasteiger partial charge in [0.1, 0.15) is 0 Å². The van der Waals surface area contributed by atoms with Crippen molar-refractivity contribution in [1.82, 2.24) is 0 Å². The molecule has 0 atom stereocenters. The summed E-state index contributed by atoms with van der Waals surface area (Å²) in [4.78, 5) is 0. The van der Waals surface area contributed by atoms with Gasteiger partial charge in [0.2, 0.25) is 0 Å². The molecule has 0 spiro atoms. The summed E-state index contributed by atoms with van der Waals surface area (Å²) in [6.45, 7) is 27.9. The van der Waals surface area contributed by atoms with Crippen molar-refractivity contribution in [3.63, 3.8) is 0 Å². The van der Waals surface area contributed by atoms with Crippen LogP contribution in [0.3, 0.4) is 0 Å². The van der Waals surface area contributed by atoms with Gasteiger partial charge >= 0.3 is 0 Å². The molecule has 8 rings (SSSR count). The van der Waals surface area contributed by atoms with Crippen LogP contribution in [-0.2, 0) is 10.8 Å². The molecular formula is C59H62. The summed E-state index contributed by atoms with van der Waals surface area (Å²) in [5.74, 6) is 1.14. The molecule has 0 heteroatoms. The van der Waals surface area contributed by atoms with Crippen LogP contribution in [0.25, 0.3) is 76.8 Å². The van der Waals surface area contributed by atoms with E-state index in [-0.39, 0.29) is 10.8 Å². The molecule has 0 fully saturated rings. The SMILES string of the molecule is CC(C)c1ccc2c(-c3ccccc3)c3c(-c4ccc(C(C)(C)C)cc4)c4cc(C(C)C)c(C(C)C)cc4c(-c4ccccc4)c3c(-c3ccc(C(C)(C)C)cc3)c2c1. The predicted octanol–water partition coefficient (Wildman–Crippen LogP) is 17.8. The Morgan fingerprint density at radius 3 is 1.00 bits per heavy atom. The summed E-state index contributed by atoms with van der Waals surface area (Å²) in [5.41, 5.74) is 17.2. The molecule has 0 radical (unpaired) electrons. The highest BCUT2D eigenvalue weighted by Crippen LogP contribution is 2.55. The quantitative estimate of drug-likeness (QED) is 0.142. The highest BCUT2D eigenvalue weighted by Gasteiger charge is 2.28.